The lowest BCUT2D eigenvalue weighted by atomic mass is 9.95. The molecule has 0 aliphatic heterocycles. The Morgan fingerprint density at radius 2 is 2.00 bits per heavy atom. The lowest BCUT2D eigenvalue weighted by Crippen LogP contribution is -2.38. The molecule has 2 N–H and O–H groups in total. The van der Waals surface area contributed by atoms with Gasteiger partial charge in [0.25, 0.3) is 5.56 Å². The number of aliphatic hydroxyl groups excluding tert-OH is 1. The molecule has 0 aliphatic carbocycles. The van der Waals surface area contributed by atoms with Gasteiger partial charge in [-0.2, -0.15) is 5.26 Å². The summed E-state index contributed by atoms with van der Waals surface area (Å²) in [7, 11) is 0. The van der Waals surface area contributed by atoms with E-state index in [2.05, 4.69) is 4.98 Å². The highest BCUT2D eigenvalue weighted by atomic mass is 16.3. The van der Waals surface area contributed by atoms with Crippen LogP contribution in [0.5, 0.6) is 0 Å². The van der Waals surface area contributed by atoms with Gasteiger partial charge in [0.2, 0.25) is 5.78 Å². The van der Waals surface area contributed by atoms with Crippen LogP contribution in [-0.2, 0) is 6.54 Å². The zero-order valence-electron chi connectivity index (χ0n) is 15.0. The highest BCUT2D eigenvalue weighted by Gasteiger charge is 2.24. The molecule has 2 rings (SSSR count). The van der Waals surface area contributed by atoms with Crippen LogP contribution in [0.15, 0.2) is 27.8 Å². The number of hydrogen-bond donors (Lipinski definition) is 2. The number of H-pyrrole nitrogens is 1. The number of nitrogens with one attached hydrogen (secondary N) is 1. The standard InChI is InChI=1S/C19H21N3O4/c1-11(2)15-16(22(5-4-6-23)19(26)21-18(15)25)17(24)14-8-12(3)7-13(9-14)10-20/h7-9,11,23H,4-6H2,1-3H3,(H,21,25,26). The third-order valence-electron chi connectivity index (χ3n) is 4.04. The Balaban J connectivity index is 2.79. The van der Waals surface area contributed by atoms with Gasteiger partial charge < -0.3 is 5.11 Å². The van der Waals surface area contributed by atoms with Crippen molar-refractivity contribution in [3.05, 3.63) is 67.0 Å². The Labute approximate surface area is 150 Å². The van der Waals surface area contributed by atoms with Crippen molar-refractivity contribution in [3.63, 3.8) is 0 Å². The van der Waals surface area contributed by atoms with Gasteiger partial charge in [-0.15, -0.1) is 0 Å². The van der Waals surface area contributed by atoms with Gasteiger partial charge in [0, 0.05) is 24.3 Å². The normalized spacial score (nSPS) is 10.8. The maximum absolute atomic E-state index is 13.2. The molecule has 0 spiro atoms. The quantitative estimate of drug-likeness (QED) is 0.761. The number of aromatic amines is 1. The molecule has 2 aromatic rings. The molecule has 7 heteroatoms. The van der Waals surface area contributed by atoms with Crippen molar-refractivity contribution < 1.29 is 9.90 Å². The molecule has 0 saturated carbocycles. The van der Waals surface area contributed by atoms with Gasteiger partial charge in [-0.3, -0.25) is 19.1 Å². The van der Waals surface area contributed by atoms with Gasteiger partial charge in [0.15, 0.2) is 0 Å². The number of carbonyl (C=O) groups is 1. The molecule has 0 saturated heterocycles. The van der Waals surface area contributed by atoms with E-state index < -0.39 is 17.0 Å². The first kappa shape index (κ1) is 19.3. The summed E-state index contributed by atoms with van der Waals surface area (Å²) in [5.41, 5.74) is 0.239. The average molecular weight is 355 g/mol. The number of nitrogens with zero attached hydrogens (tertiary/aromatic N) is 2. The van der Waals surface area contributed by atoms with Crippen LogP contribution in [0.2, 0.25) is 0 Å². The Kier molecular flexibility index (Phi) is 5.90. The summed E-state index contributed by atoms with van der Waals surface area (Å²) in [5, 5.41) is 18.2. The highest BCUT2D eigenvalue weighted by Crippen LogP contribution is 2.20. The predicted molar refractivity (Wildman–Crippen MR) is 96.4 cm³/mol. The van der Waals surface area contributed by atoms with Gasteiger partial charge in [-0.05, 0) is 43.0 Å². The maximum atomic E-state index is 13.2. The first-order valence-electron chi connectivity index (χ1n) is 8.34. The fourth-order valence-corrected chi connectivity index (χ4v) is 2.92. The summed E-state index contributed by atoms with van der Waals surface area (Å²) in [6.45, 7) is 5.24. The SMILES string of the molecule is Cc1cc(C#N)cc(C(=O)c2c(C(C)C)c(=O)[nH]c(=O)n2CCCO)c1. The molecule has 0 atom stereocenters. The molecule has 0 radical (unpaired) electrons. The van der Waals surface area contributed by atoms with Crippen molar-refractivity contribution >= 4 is 5.78 Å². The second kappa shape index (κ2) is 7.93. The van der Waals surface area contributed by atoms with Gasteiger partial charge in [0.1, 0.15) is 5.69 Å². The van der Waals surface area contributed by atoms with Gasteiger partial charge in [-0.25, -0.2) is 4.79 Å². The minimum Gasteiger partial charge on any atom is -0.396 e. The van der Waals surface area contributed by atoms with E-state index in [1.165, 1.54) is 10.6 Å². The molecule has 1 aromatic heterocycles. The number of hydrogen-bond acceptors (Lipinski definition) is 5. The molecule has 0 unspecified atom stereocenters. The summed E-state index contributed by atoms with van der Waals surface area (Å²) < 4.78 is 1.20. The lowest BCUT2D eigenvalue weighted by Gasteiger charge is -2.17. The number of aliphatic hydroxyl groups is 1. The van der Waals surface area contributed by atoms with Crippen LogP contribution in [0, 0.1) is 18.3 Å². The summed E-state index contributed by atoms with van der Waals surface area (Å²) in [6.07, 6.45) is 0.265. The number of aryl methyl sites for hydroxylation is 1. The zero-order chi connectivity index (χ0) is 19.4. The number of rotatable bonds is 6. The minimum absolute atomic E-state index is 0.0108. The van der Waals surface area contributed by atoms with Crippen LogP contribution in [0.3, 0.4) is 0 Å². The largest absolute Gasteiger partial charge is 0.396 e. The van der Waals surface area contributed by atoms with Crippen molar-refractivity contribution in [3.8, 4) is 6.07 Å². The van der Waals surface area contributed by atoms with Gasteiger partial charge >= 0.3 is 5.69 Å². The van der Waals surface area contributed by atoms with Crippen LogP contribution >= 0.6 is 0 Å². The maximum Gasteiger partial charge on any atom is 0.328 e. The number of aromatic nitrogens is 2. The lowest BCUT2D eigenvalue weighted by molar-refractivity contribution is 0.102. The molecular weight excluding hydrogens is 334 g/mol. The molecule has 0 amide bonds. The minimum atomic E-state index is -0.690. The van der Waals surface area contributed by atoms with E-state index in [9.17, 15) is 14.4 Å². The van der Waals surface area contributed by atoms with E-state index in [-0.39, 0.29) is 42.3 Å². The van der Waals surface area contributed by atoms with Gasteiger partial charge in [0.05, 0.1) is 11.6 Å². The Hall–Kier alpha value is -2.98. The molecule has 1 heterocycles. The third-order valence-corrected chi connectivity index (χ3v) is 4.04. The van der Waals surface area contributed by atoms with Crippen LogP contribution in [0.1, 0.15) is 58.9 Å². The van der Waals surface area contributed by atoms with E-state index >= 15 is 0 Å². The molecule has 0 aliphatic rings. The summed E-state index contributed by atoms with van der Waals surface area (Å²) >= 11 is 0. The van der Waals surface area contributed by atoms with Crippen molar-refractivity contribution in [1.82, 2.24) is 9.55 Å². The number of ketones is 1. The summed E-state index contributed by atoms with van der Waals surface area (Å²) in [5.74, 6) is -0.783. The monoisotopic (exact) mass is 355 g/mol. The topological polar surface area (TPSA) is 116 Å². The Morgan fingerprint density at radius 1 is 1.31 bits per heavy atom. The molecule has 1 aromatic carbocycles. The smallest absolute Gasteiger partial charge is 0.328 e. The van der Waals surface area contributed by atoms with Crippen molar-refractivity contribution in [2.45, 2.75) is 39.7 Å². The molecule has 136 valence electrons. The molecule has 26 heavy (non-hydrogen) atoms. The molecule has 0 bridgehead atoms. The number of nitriles is 1. The fraction of sp³-hybridized carbons (Fsp3) is 0.368. The zero-order valence-corrected chi connectivity index (χ0v) is 15.0. The predicted octanol–water partition coefficient (Wildman–Crippen LogP) is 1.45. The van der Waals surface area contributed by atoms with E-state index in [1.54, 1.807) is 32.9 Å². The van der Waals surface area contributed by atoms with E-state index in [0.717, 1.165) is 5.56 Å². The number of carbonyl (C=O) groups excluding carboxylic acids is 1. The molecular formula is C19H21N3O4. The van der Waals surface area contributed by atoms with Gasteiger partial charge in [-0.1, -0.05) is 13.8 Å². The Bertz CT molecular complexity index is 993. The van der Waals surface area contributed by atoms with Crippen LogP contribution in [0.4, 0.5) is 0 Å². The van der Waals surface area contributed by atoms with E-state index in [0.29, 0.717) is 5.56 Å². The fourth-order valence-electron chi connectivity index (χ4n) is 2.92. The van der Waals surface area contributed by atoms with E-state index in [4.69, 9.17) is 10.4 Å². The van der Waals surface area contributed by atoms with Crippen LogP contribution < -0.4 is 11.2 Å². The molecule has 7 nitrogen and oxygen atoms in total. The van der Waals surface area contributed by atoms with Crippen LogP contribution in [0.25, 0.3) is 0 Å². The third kappa shape index (κ3) is 3.81. The summed E-state index contributed by atoms with van der Waals surface area (Å²) in [6, 6.07) is 6.72. The average Bonchev–Trinajstić information content (AvgIpc) is 2.58. The van der Waals surface area contributed by atoms with Crippen molar-refractivity contribution in [1.29, 1.82) is 5.26 Å². The first-order valence-corrected chi connectivity index (χ1v) is 8.34. The number of benzene rings is 1. The highest BCUT2D eigenvalue weighted by molar-refractivity contribution is 6.09. The summed E-state index contributed by atoms with van der Waals surface area (Å²) in [4.78, 5) is 40.1. The molecule has 0 fully saturated rings. The second-order valence-corrected chi connectivity index (χ2v) is 6.43. The van der Waals surface area contributed by atoms with Crippen LogP contribution in [-0.4, -0.2) is 27.0 Å². The van der Waals surface area contributed by atoms with E-state index in [1.807, 2.05) is 6.07 Å². The second-order valence-electron chi connectivity index (χ2n) is 6.43. The Morgan fingerprint density at radius 3 is 2.58 bits per heavy atom. The first-order chi connectivity index (χ1) is 12.3. The van der Waals surface area contributed by atoms with Crippen molar-refractivity contribution in [2.24, 2.45) is 0 Å². The van der Waals surface area contributed by atoms with Crippen molar-refractivity contribution in [2.75, 3.05) is 6.61 Å².